The van der Waals surface area contributed by atoms with Crippen molar-refractivity contribution in [2.75, 3.05) is 11.9 Å². The smallest absolute Gasteiger partial charge is 0.252 e. The first-order valence-electron chi connectivity index (χ1n) is 12.5. The molecule has 0 N–H and O–H groups in total. The van der Waals surface area contributed by atoms with Crippen molar-refractivity contribution in [1.82, 2.24) is 14.5 Å². The highest BCUT2D eigenvalue weighted by atomic mass is 19.1. The Hall–Kier alpha value is -3.80. The topological polar surface area (TPSA) is 96.4 Å². The summed E-state index contributed by atoms with van der Waals surface area (Å²) in [4.78, 5) is 29.0. The molecule has 194 valence electrons. The van der Waals surface area contributed by atoms with E-state index in [4.69, 9.17) is 4.84 Å². The molecule has 0 bridgehead atoms. The highest BCUT2D eigenvalue weighted by Crippen LogP contribution is 2.34. The standard InChI is InChI=1S/C28H33FN6O2/c1-17-13-19(16-31-27(17)29)25(33-37-28(2,3)4)18-7-10-21(11-8-18)34(5)23-14-24(36)35(6)22-12-9-20(15-30)32-26(22)23/h9,12-14,16,18,21H,7-8,10-11H2,1-6H3/b33-25-. The van der Waals surface area contributed by atoms with Gasteiger partial charge in [0.2, 0.25) is 5.95 Å². The minimum atomic E-state index is -0.487. The number of hydrogen-bond acceptors (Lipinski definition) is 7. The number of fused-ring (bicyclic) bond motifs is 1. The molecule has 0 amide bonds. The quantitative estimate of drug-likeness (QED) is 0.280. The van der Waals surface area contributed by atoms with E-state index in [-0.39, 0.29) is 17.5 Å². The molecule has 9 heteroatoms. The van der Waals surface area contributed by atoms with Crippen LogP contribution in [0.1, 0.15) is 63.3 Å². The summed E-state index contributed by atoms with van der Waals surface area (Å²) in [5, 5.41) is 13.9. The predicted octanol–water partition coefficient (Wildman–Crippen LogP) is 4.86. The van der Waals surface area contributed by atoms with Crippen molar-refractivity contribution in [2.24, 2.45) is 18.1 Å². The first kappa shape index (κ1) is 26.3. The highest BCUT2D eigenvalue weighted by molar-refractivity contribution is 6.02. The first-order valence-corrected chi connectivity index (χ1v) is 12.5. The number of anilines is 1. The van der Waals surface area contributed by atoms with E-state index in [1.165, 1.54) is 6.20 Å². The molecule has 0 aromatic carbocycles. The number of hydrogen-bond donors (Lipinski definition) is 0. The lowest BCUT2D eigenvalue weighted by molar-refractivity contribution is -0.0000352. The van der Waals surface area contributed by atoms with Gasteiger partial charge in [-0.2, -0.15) is 9.65 Å². The summed E-state index contributed by atoms with van der Waals surface area (Å²) in [5.74, 6) is -0.359. The molecule has 0 atom stereocenters. The number of nitrogens with zero attached hydrogens (tertiary/aromatic N) is 6. The van der Waals surface area contributed by atoms with Crippen molar-refractivity contribution < 1.29 is 9.23 Å². The molecule has 1 fully saturated rings. The number of oxime groups is 1. The highest BCUT2D eigenvalue weighted by Gasteiger charge is 2.30. The lowest BCUT2D eigenvalue weighted by atomic mass is 9.80. The van der Waals surface area contributed by atoms with Crippen LogP contribution in [-0.2, 0) is 11.9 Å². The third-order valence-electron chi connectivity index (χ3n) is 6.92. The Labute approximate surface area is 216 Å². The summed E-state index contributed by atoms with van der Waals surface area (Å²) in [6.07, 6.45) is 4.93. The molecular formula is C28H33FN6O2. The Kier molecular flexibility index (Phi) is 7.30. The second-order valence-corrected chi connectivity index (χ2v) is 10.7. The molecule has 0 radical (unpaired) electrons. The van der Waals surface area contributed by atoms with Crippen LogP contribution < -0.4 is 10.5 Å². The van der Waals surface area contributed by atoms with Crippen LogP contribution in [0.2, 0.25) is 0 Å². The minimum Gasteiger partial charge on any atom is -0.390 e. The van der Waals surface area contributed by atoms with Gasteiger partial charge < -0.3 is 14.3 Å². The molecular weight excluding hydrogens is 471 g/mol. The fourth-order valence-corrected chi connectivity index (χ4v) is 4.82. The average molecular weight is 505 g/mol. The summed E-state index contributed by atoms with van der Waals surface area (Å²) in [6, 6.07) is 9.04. The summed E-state index contributed by atoms with van der Waals surface area (Å²) >= 11 is 0. The van der Waals surface area contributed by atoms with E-state index in [0.29, 0.717) is 22.3 Å². The van der Waals surface area contributed by atoms with Crippen LogP contribution in [0.3, 0.4) is 0 Å². The van der Waals surface area contributed by atoms with Gasteiger partial charge in [-0.25, -0.2) is 9.97 Å². The molecule has 3 heterocycles. The van der Waals surface area contributed by atoms with Gasteiger partial charge in [0, 0.05) is 49.4 Å². The van der Waals surface area contributed by atoms with Gasteiger partial charge in [0.25, 0.3) is 5.56 Å². The van der Waals surface area contributed by atoms with Gasteiger partial charge in [-0.15, -0.1) is 0 Å². The van der Waals surface area contributed by atoms with Crippen molar-refractivity contribution >= 4 is 22.4 Å². The third-order valence-corrected chi connectivity index (χ3v) is 6.92. The van der Waals surface area contributed by atoms with Crippen LogP contribution in [0, 0.1) is 30.1 Å². The fraction of sp³-hybridized carbons (Fsp3) is 0.464. The Bertz CT molecular complexity index is 1440. The fourth-order valence-electron chi connectivity index (χ4n) is 4.82. The Morgan fingerprint density at radius 1 is 1.24 bits per heavy atom. The number of pyridine rings is 3. The van der Waals surface area contributed by atoms with Crippen LogP contribution in [-0.4, -0.2) is 38.9 Å². The van der Waals surface area contributed by atoms with Crippen molar-refractivity contribution in [3.63, 3.8) is 0 Å². The molecule has 8 nitrogen and oxygen atoms in total. The van der Waals surface area contributed by atoms with E-state index in [1.807, 2.05) is 27.8 Å². The van der Waals surface area contributed by atoms with Crippen molar-refractivity contribution in [3.05, 3.63) is 63.6 Å². The molecule has 0 saturated heterocycles. The van der Waals surface area contributed by atoms with Crippen LogP contribution in [0.15, 0.2) is 40.4 Å². The second kappa shape index (κ2) is 10.3. The molecule has 1 saturated carbocycles. The minimum absolute atomic E-state index is 0.123. The SMILES string of the molecule is Cc1cc(/C(=N\OC(C)(C)C)C2CCC(N(C)c3cc(=O)n(C)c4ccc(C#N)nc34)CC2)cnc1F. The van der Waals surface area contributed by atoms with Gasteiger partial charge in [0.05, 0.1) is 16.9 Å². The van der Waals surface area contributed by atoms with Gasteiger partial charge in [-0.05, 0) is 71.6 Å². The van der Waals surface area contributed by atoms with E-state index in [2.05, 4.69) is 26.1 Å². The molecule has 0 unspecified atom stereocenters. The van der Waals surface area contributed by atoms with E-state index in [1.54, 1.807) is 42.8 Å². The summed E-state index contributed by atoms with van der Waals surface area (Å²) in [6.45, 7) is 7.51. The predicted molar refractivity (Wildman–Crippen MR) is 142 cm³/mol. The van der Waals surface area contributed by atoms with Gasteiger partial charge in [-0.3, -0.25) is 4.79 Å². The zero-order chi connectivity index (χ0) is 26.9. The molecule has 37 heavy (non-hydrogen) atoms. The van der Waals surface area contributed by atoms with E-state index in [0.717, 1.165) is 42.6 Å². The lowest BCUT2D eigenvalue weighted by Gasteiger charge is -2.36. The maximum Gasteiger partial charge on any atom is 0.252 e. The average Bonchev–Trinajstić information content (AvgIpc) is 2.87. The number of halogens is 1. The van der Waals surface area contributed by atoms with Crippen molar-refractivity contribution in [3.8, 4) is 6.07 Å². The third kappa shape index (κ3) is 5.63. The Morgan fingerprint density at radius 2 is 1.95 bits per heavy atom. The lowest BCUT2D eigenvalue weighted by Crippen LogP contribution is -2.38. The Morgan fingerprint density at radius 3 is 2.57 bits per heavy atom. The first-order chi connectivity index (χ1) is 17.5. The zero-order valence-corrected chi connectivity index (χ0v) is 22.2. The Balaban J connectivity index is 1.60. The molecule has 0 aliphatic heterocycles. The zero-order valence-electron chi connectivity index (χ0n) is 22.2. The van der Waals surface area contributed by atoms with Gasteiger partial charge >= 0.3 is 0 Å². The van der Waals surface area contributed by atoms with E-state index >= 15 is 0 Å². The van der Waals surface area contributed by atoms with Crippen LogP contribution in [0.25, 0.3) is 11.0 Å². The number of aromatic nitrogens is 3. The van der Waals surface area contributed by atoms with Crippen LogP contribution >= 0.6 is 0 Å². The molecule has 1 aliphatic rings. The monoisotopic (exact) mass is 504 g/mol. The normalized spacial score (nSPS) is 18.5. The largest absolute Gasteiger partial charge is 0.390 e. The van der Waals surface area contributed by atoms with Gasteiger partial charge in [0.1, 0.15) is 22.9 Å². The summed E-state index contributed by atoms with van der Waals surface area (Å²) in [5.41, 5.74) is 3.81. The second-order valence-electron chi connectivity index (χ2n) is 10.7. The van der Waals surface area contributed by atoms with Crippen molar-refractivity contribution in [2.45, 2.75) is 65.0 Å². The molecule has 3 aromatic heterocycles. The van der Waals surface area contributed by atoms with Crippen LogP contribution in [0.4, 0.5) is 10.1 Å². The number of aryl methyl sites for hydroxylation is 2. The molecule has 4 rings (SSSR count). The maximum atomic E-state index is 13.9. The van der Waals surface area contributed by atoms with E-state index in [9.17, 15) is 14.4 Å². The maximum absolute atomic E-state index is 13.9. The number of rotatable bonds is 5. The van der Waals surface area contributed by atoms with Crippen LogP contribution in [0.5, 0.6) is 0 Å². The molecule has 1 aliphatic carbocycles. The van der Waals surface area contributed by atoms with Gasteiger partial charge in [0.15, 0.2) is 0 Å². The summed E-state index contributed by atoms with van der Waals surface area (Å²) in [7, 11) is 3.69. The summed E-state index contributed by atoms with van der Waals surface area (Å²) < 4.78 is 15.4. The van der Waals surface area contributed by atoms with E-state index < -0.39 is 11.5 Å². The van der Waals surface area contributed by atoms with Crippen molar-refractivity contribution in [1.29, 1.82) is 5.26 Å². The molecule has 3 aromatic rings. The number of nitriles is 1. The molecule has 0 spiro atoms. The van der Waals surface area contributed by atoms with Gasteiger partial charge in [-0.1, -0.05) is 5.16 Å².